The Hall–Kier alpha value is -1.15. The molecule has 1 atom stereocenters. The third kappa shape index (κ3) is 3.06. The van der Waals surface area contributed by atoms with Crippen LogP contribution >= 0.6 is 0 Å². The molecular formula is C17H26N2. The lowest BCUT2D eigenvalue weighted by Crippen LogP contribution is -2.36. The molecule has 1 fully saturated rings. The summed E-state index contributed by atoms with van der Waals surface area (Å²) in [6, 6.07) is 11.4. The van der Waals surface area contributed by atoms with Gasteiger partial charge in [-0.3, -0.25) is 4.99 Å². The van der Waals surface area contributed by atoms with Crippen LogP contribution in [0.15, 0.2) is 35.3 Å². The number of hydrogen-bond acceptors (Lipinski definition) is 2. The zero-order chi connectivity index (χ0) is 13.7. The molecule has 1 unspecified atom stereocenters. The SMILES string of the molecule is CN=C(CC1(c2ccccc2)CCCC1)C(C)NC. The Kier molecular flexibility index (Phi) is 4.76. The molecule has 2 nitrogen and oxygen atoms in total. The van der Waals surface area contributed by atoms with Crippen LogP contribution in [0.4, 0.5) is 0 Å². The molecule has 0 spiro atoms. The molecular weight excluding hydrogens is 232 g/mol. The Bertz CT molecular complexity index is 416. The van der Waals surface area contributed by atoms with Crippen LogP contribution < -0.4 is 5.32 Å². The van der Waals surface area contributed by atoms with Crippen LogP contribution in [0.1, 0.15) is 44.6 Å². The summed E-state index contributed by atoms with van der Waals surface area (Å²) in [4.78, 5) is 4.55. The summed E-state index contributed by atoms with van der Waals surface area (Å²) in [5.74, 6) is 0. The van der Waals surface area contributed by atoms with Crippen molar-refractivity contribution in [3.63, 3.8) is 0 Å². The van der Waals surface area contributed by atoms with Gasteiger partial charge in [0.2, 0.25) is 0 Å². The van der Waals surface area contributed by atoms with Gasteiger partial charge in [-0.2, -0.15) is 0 Å². The van der Waals surface area contributed by atoms with Crippen molar-refractivity contribution < 1.29 is 0 Å². The van der Waals surface area contributed by atoms with Crippen molar-refractivity contribution in [2.75, 3.05) is 14.1 Å². The highest BCUT2D eigenvalue weighted by molar-refractivity contribution is 5.90. The topological polar surface area (TPSA) is 24.4 Å². The van der Waals surface area contributed by atoms with E-state index in [2.05, 4.69) is 47.6 Å². The van der Waals surface area contributed by atoms with Crippen molar-refractivity contribution in [2.24, 2.45) is 4.99 Å². The minimum absolute atomic E-state index is 0.321. The summed E-state index contributed by atoms with van der Waals surface area (Å²) >= 11 is 0. The first-order valence-electron chi connectivity index (χ1n) is 7.40. The Labute approximate surface area is 117 Å². The van der Waals surface area contributed by atoms with Crippen molar-refractivity contribution in [3.8, 4) is 0 Å². The number of hydrogen-bond donors (Lipinski definition) is 1. The maximum atomic E-state index is 4.55. The standard InChI is InChI=1S/C17H26N2/c1-14(18-2)16(19-3)13-17(11-7-8-12-17)15-9-5-4-6-10-15/h4-6,9-10,14,18H,7-8,11-13H2,1-3H3. The Morgan fingerprint density at radius 1 is 1.26 bits per heavy atom. The lowest BCUT2D eigenvalue weighted by Gasteiger charge is -2.32. The van der Waals surface area contributed by atoms with Crippen molar-refractivity contribution >= 4 is 5.71 Å². The number of aliphatic imine (C=N–C) groups is 1. The van der Waals surface area contributed by atoms with E-state index in [0.29, 0.717) is 11.5 Å². The monoisotopic (exact) mass is 258 g/mol. The van der Waals surface area contributed by atoms with E-state index < -0.39 is 0 Å². The molecule has 2 rings (SSSR count). The first kappa shape index (κ1) is 14.3. The summed E-state index contributed by atoms with van der Waals surface area (Å²) in [5, 5.41) is 3.33. The molecule has 104 valence electrons. The fraction of sp³-hybridized carbons (Fsp3) is 0.588. The second kappa shape index (κ2) is 6.33. The highest BCUT2D eigenvalue weighted by Crippen LogP contribution is 2.44. The Morgan fingerprint density at radius 3 is 2.42 bits per heavy atom. The van der Waals surface area contributed by atoms with E-state index in [4.69, 9.17) is 0 Å². The summed E-state index contributed by atoms with van der Waals surface area (Å²) in [6.45, 7) is 2.20. The molecule has 0 heterocycles. The van der Waals surface area contributed by atoms with Crippen LogP contribution in [0.25, 0.3) is 0 Å². The number of nitrogens with one attached hydrogen (secondary N) is 1. The van der Waals surface area contributed by atoms with Crippen LogP contribution in [-0.4, -0.2) is 25.8 Å². The molecule has 1 aromatic carbocycles. The quantitative estimate of drug-likeness (QED) is 0.802. The lowest BCUT2D eigenvalue weighted by molar-refractivity contribution is 0.452. The fourth-order valence-electron chi connectivity index (χ4n) is 3.35. The van der Waals surface area contributed by atoms with Crippen molar-refractivity contribution in [1.29, 1.82) is 0 Å². The lowest BCUT2D eigenvalue weighted by atomic mass is 9.74. The van der Waals surface area contributed by atoms with Gasteiger partial charge in [-0.1, -0.05) is 43.2 Å². The van der Waals surface area contributed by atoms with Gasteiger partial charge in [-0.25, -0.2) is 0 Å². The summed E-state index contributed by atoms with van der Waals surface area (Å²) in [7, 11) is 3.94. The molecule has 2 heteroatoms. The van der Waals surface area contributed by atoms with Crippen molar-refractivity contribution in [2.45, 2.75) is 50.5 Å². The first-order valence-corrected chi connectivity index (χ1v) is 7.40. The van der Waals surface area contributed by atoms with E-state index in [0.717, 1.165) is 6.42 Å². The van der Waals surface area contributed by atoms with Crippen LogP contribution in [-0.2, 0) is 5.41 Å². The van der Waals surface area contributed by atoms with E-state index in [1.807, 2.05) is 14.1 Å². The molecule has 1 aliphatic carbocycles. The molecule has 0 saturated heterocycles. The normalized spacial score (nSPS) is 20.5. The van der Waals surface area contributed by atoms with E-state index in [-0.39, 0.29) is 0 Å². The molecule has 0 aliphatic heterocycles. The highest BCUT2D eigenvalue weighted by Gasteiger charge is 2.37. The van der Waals surface area contributed by atoms with E-state index >= 15 is 0 Å². The zero-order valence-electron chi connectivity index (χ0n) is 12.4. The second-order valence-electron chi connectivity index (χ2n) is 5.76. The number of nitrogens with zero attached hydrogens (tertiary/aromatic N) is 1. The van der Waals surface area contributed by atoms with Gasteiger partial charge in [0.15, 0.2) is 0 Å². The van der Waals surface area contributed by atoms with Crippen LogP contribution in [0.2, 0.25) is 0 Å². The van der Waals surface area contributed by atoms with Gasteiger partial charge in [0.05, 0.1) is 0 Å². The molecule has 1 aliphatic rings. The average Bonchev–Trinajstić information content (AvgIpc) is 2.95. The van der Waals surface area contributed by atoms with Gasteiger partial charge in [-0.05, 0) is 38.8 Å². The van der Waals surface area contributed by atoms with Gasteiger partial charge in [0.1, 0.15) is 0 Å². The maximum absolute atomic E-state index is 4.55. The van der Waals surface area contributed by atoms with E-state index in [1.165, 1.54) is 37.0 Å². The maximum Gasteiger partial charge on any atom is 0.0419 e. The molecule has 1 saturated carbocycles. The van der Waals surface area contributed by atoms with Crippen molar-refractivity contribution in [1.82, 2.24) is 5.32 Å². The molecule has 1 N–H and O–H groups in total. The molecule has 0 radical (unpaired) electrons. The van der Waals surface area contributed by atoms with Gasteiger partial charge < -0.3 is 5.32 Å². The fourth-order valence-corrected chi connectivity index (χ4v) is 3.35. The molecule has 0 amide bonds. The molecule has 0 aromatic heterocycles. The zero-order valence-corrected chi connectivity index (χ0v) is 12.4. The van der Waals surface area contributed by atoms with E-state index in [1.54, 1.807) is 0 Å². The van der Waals surface area contributed by atoms with E-state index in [9.17, 15) is 0 Å². The molecule has 1 aromatic rings. The van der Waals surface area contributed by atoms with Gasteiger partial charge in [0, 0.05) is 24.2 Å². The van der Waals surface area contributed by atoms with Gasteiger partial charge in [-0.15, -0.1) is 0 Å². The second-order valence-corrected chi connectivity index (χ2v) is 5.76. The van der Waals surface area contributed by atoms with Crippen molar-refractivity contribution in [3.05, 3.63) is 35.9 Å². The largest absolute Gasteiger partial charge is 0.312 e. The predicted molar refractivity (Wildman–Crippen MR) is 83.1 cm³/mol. The summed E-state index contributed by atoms with van der Waals surface area (Å²) in [5.41, 5.74) is 3.12. The van der Waals surface area contributed by atoms with Crippen LogP contribution in [0.5, 0.6) is 0 Å². The third-order valence-corrected chi connectivity index (χ3v) is 4.69. The molecule has 0 bridgehead atoms. The highest BCUT2D eigenvalue weighted by atomic mass is 14.9. The Morgan fingerprint density at radius 2 is 1.89 bits per heavy atom. The minimum Gasteiger partial charge on any atom is -0.312 e. The first-order chi connectivity index (χ1) is 9.22. The Balaban J connectivity index is 2.26. The third-order valence-electron chi connectivity index (χ3n) is 4.69. The smallest absolute Gasteiger partial charge is 0.0419 e. The number of benzene rings is 1. The van der Waals surface area contributed by atoms with Gasteiger partial charge in [0.25, 0.3) is 0 Å². The number of rotatable bonds is 5. The van der Waals surface area contributed by atoms with Gasteiger partial charge >= 0.3 is 0 Å². The summed E-state index contributed by atoms with van der Waals surface area (Å²) < 4.78 is 0. The molecule has 19 heavy (non-hydrogen) atoms. The van der Waals surface area contributed by atoms with Crippen LogP contribution in [0, 0.1) is 0 Å². The van der Waals surface area contributed by atoms with Crippen LogP contribution in [0.3, 0.4) is 0 Å². The summed E-state index contributed by atoms with van der Waals surface area (Å²) in [6.07, 6.45) is 6.38. The average molecular weight is 258 g/mol. The predicted octanol–water partition coefficient (Wildman–Crippen LogP) is 3.57. The minimum atomic E-state index is 0.321.